The van der Waals surface area contributed by atoms with Crippen molar-refractivity contribution in [2.24, 2.45) is 5.41 Å². The van der Waals surface area contributed by atoms with Gasteiger partial charge in [0.05, 0.1) is 6.10 Å². The van der Waals surface area contributed by atoms with Crippen LogP contribution in [0.15, 0.2) is 48.7 Å². The molecule has 1 spiro atoms. The molecule has 3 heterocycles. The Hall–Kier alpha value is -2.27. The van der Waals surface area contributed by atoms with E-state index in [2.05, 4.69) is 56.5 Å². The maximum atomic E-state index is 9.48. The highest BCUT2D eigenvalue weighted by Gasteiger charge is 2.43. The van der Waals surface area contributed by atoms with Gasteiger partial charge in [0.1, 0.15) is 5.82 Å². The first-order valence-corrected chi connectivity index (χ1v) is 10.1. The van der Waals surface area contributed by atoms with E-state index in [0.29, 0.717) is 11.5 Å². The molecule has 1 aliphatic carbocycles. The van der Waals surface area contributed by atoms with Crippen LogP contribution in [-0.4, -0.2) is 48.4 Å². The molecule has 2 N–H and O–H groups in total. The fraction of sp³-hybridized carbons (Fsp3) is 0.500. The number of rotatable bonds is 4. The van der Waals surface area contributed by atoms with Crippen LogP contribution >= 0.6 is 0 Å². The summed E-state index contributed by atoms with van der Waals surface area (Å²) in [4.78, 5) is 9.63. The SMILES string of the molecule is OC1CC(Nc2ccnc(N3CCC4(CCN(c5ccccc5)C4)C3)c2)C1. The largest absolute Gasteiger partial charge is 0.393 e. The van der Waals surface area contributed by atoms with Crippen LogP contribution in [0.25, 0.3) is 0 Å². The summed E-state index contributed by atoms with van der Waals surface area (Å²) in [7, 11) is 0. The third-order valence-electron chi connectivity index (χ3n) is 6.55. The summed E-state index contributed by atoms with van der Waals surface area (Å²) < 4.78 is 0. The Bertz CT molecular complexity index is 792. The predicted molar refractivity (Wildman–Crippen MR) is 109 cm³/mol. The minimum Gasteiger partial charge on any atom is -0.393 e. The Labute approximate surface area is 161 Å². The summed E-state index contributed by atoms with van der Waals surface area (Å²) in [5.41, 5.74) is 2.86. The van der Waals surface area contributed by atoms with Crippen molar-refractivity contribution in [1.82, 2.24) is 4.98 Å². The van der Waals surface area contributed by atoms with E-state index >= 15 is 0 Å². The molecule has 3 aliphatic rings. The van der Waals surface area contributed by atoms with E-state index in [0.717, 1.165) is 50.5 Å². The average Bonchev–Trinajstić information content (AvgIpc) is 3.29. The molecule has 1 aromatic carbocycles. The Morgan fingerprint density at radius 2 is 1.74 bits per heavy atom. The van der Waals surface area contributed by atoms with E-state index in [1.165, 1.54) is 18.5 Å². The highest BCUT2D eigenvalue weighted by atomic mass is 16.3. The van der Waals surface area contributed by atoms with Crippen LogP contribution in [0.3, 0.4) is 0 Å². The molecule has 0 bridgehead atoms. The lowest BCUT2D eigenvalue weighted by Gasteiger charge is -2.33. The molecule has 1 saturated carbocycles. The van der Waals surface area contributed by atoms with Gasteiger partial charge in [0.25, 0.3) is 0 Å². The summed E-state index contributed by atoms with van der Waals surface area (Å²) in [6.07, 6.45) is 5.97. The van der Waals surface area contributed by atoms with Gasteiger partial charge in [-0.15, -0.1) is 0 Å². The molecule has 1 unspecified atom stereocenters. The van der Waals surface area contributed by atoms with Crippen LogP contribution in [-0.2, 0) is 0 Å². The quantitative estimate of drug-likeness (QED) is 0.873. The van der Waals surface area contributed by atoms with Crippen LogP contribution < -0.4 is 15.1 Å². The highest BCUT2D eigenvalue weighted by molar-refractivity contribution is 5.55. The molecule has 5 rings (SSSR count). The maximum Gasteiger partial charge on any atom is 0.130 e. The van der Waals surface area contributed by atoms with Gasteiger partial charge in [0.2, 0.25) is 0 Å². The van der Waals surface area contributed by atoms with Gasteiger partial charge in [0, 0.05) is 61.3 Å². The zero-order valence-corrected chi connectivity index (χ0v) is 15.7. The molecule has 142 valence electrons. The minimum atomic E-state index is -0.128. The number of nitrogens with one attached hydrogen (secondary N) is 1. The van der Waals surface area contributed by atoms with Crippen molar-refractivity contribution < 1.29 is 5.11 Å². The number of para-hydroxylation sites is 1. The molecule has 27 heavy (non-hydrogen) atoms. The third-order valence-corrected chi connectivity index (χ3v) is 6.55. The number of aliphatic hydroxyl groups excluding tert-OH is 1. The summed E-state index contributed by atoms with van der Waals surface area (Å²) in [6.45, 7) is 4.47. The van der Waals surface area contributed by atoms with Crippen molar-refractivity contribution in [3.05, 3.63) is 48.7 Å². The standard InChI is InChI=1S/C22H28N4O/c27-20-12-18(13-20)24-17-6-9-23-21(14-17)26-11-8-22(16-26)7-10-25(15-22)19-4-2-1-3-5-19/h1-6,9,14,18,20,27H,7-8,10-13,15-16H2,(H,23,24). The molecule has 0 radical (unpaired) electrons. The van der Waals surface area contributed by atoms with Gasteiger partial charge >= 0.3 is 0 Å². The maximum absolute atomic E-state index is 9.48. The van der Waals surface area contributed by atoms with E-state index in [-0.39, 0.29) is 6.10 Å². The highest BCUT2D eigenvalue weighted by Crippen LogP contribution is 2.42. The van der Waals surface area contributed by atoms with Crippen LogP contribution in [0.4, 0.5) is 17.2 Å². The molecule has 1 aromatic heterocycles. The van der Waals surface area contributed by atoms with Crippen molar-refractivity contribution in [3.8, 4) is 0 Å². The van der Waals surface area contributed by atoms with Gasteiger partial charge in [-0.05, 0) is 43.9 Å². The molecule has 2 saturated heterocycles. The topological polar surface area (TPSA) is 51.6 Å². The summed E-state index contributed by atoms with van der Waals surface area (Å²) in [6, 6.07) is 15.4. The molecule has 1 atom stereocenters. The van der Waals surface area contributed by atoms with Crippen molar-refractivity contribution >= 4 is 17.2 Å². The number of pyridine rings is 1. The summed E-state index contributed by atoms with van der Waals surface area (Å²) in [5, 5.41) is 13.0. The number of benzene rings is 1. The van der Waals surface area contributed by atoms with Crippen molar-refractivity contribution in [2.75, 3.05) is 41.3 Å². The van der Waals surface area contributed by atoms with E-state index in [9.17, 15) is 5.11 Å². The minimum absolute atomic E-state index is 0.128. The van der Waals surface area contributed by atoms with Gasteiger partial charge in [0.15, 0.2) is 0 Å². The predicted octanol–water partition coefficient (Wildman–Crippen LogP) is 3.12. The zero-order valence-electron chi connectivity index (χ0n) is 15.7. The molecule has 5 nitrogen and oxygen atoms in total. The third kappa shape index (κ3) is 3.36. The second kappa shape index (κ2) is 6.71. The first-order chi connectivity index (χ1) is 13.2. The lowest BCUT2D eigenvalue weighted by atomic mass is 9.86. The van der Waals surface area contributed by atoms with Gasteiger partial charge in [-0.2, -0.15) is 0 Å². The Balaban J connectivity index is 1.25. The second-order valence-electron chi connectivity index (χ2n) is 8.55. The van der Waals surface area contributed by atoms with E-state index in [1.54, 1.807) is 0 Å². The van der Waals surface area contributed by atoms with Gasteiger partial charge in [-0.25, -0.2) is 4.98 Å². The number of aromatic nitrogens is 1. The van der Waals surface area contributed by atoms with Gasteiger partial charge in [-0.3, -0.25) is 0 Å². The molecule has 5 heteroatoms. The first kappa shape index (κ1) is 16.9. The molecule has 2 aromatic rings. The van der Waals surface area contributed by atoms with Crippen LogP contribution in [0.1, 0.15) is 25.7 Å². The smallest absolute Gasteiger partial charge is 0.130 e. The first-order valence-electron chi connectivity index (χ1n) is 10.1. The molecule has 0 amide bonds. The lowest BCUT2D eigenvalue weighted by molar-refractivity contribution is 0.0836. The van der Waals surface area contributed by atoms with Crippen LogP contribution in [0.5, 0.6) is 0 Å². The molecular formula is C22H28N4O. The number of hydrogen-bond acceptors (Lipinski definition) is 5. The number of aliphatic hydroxyl groups is 1. The molecular weight excluding hydrogens is 336 g/mol. The fourth-order valence-corrected chi connectivity index (χ4v) is 4.88. The average molecular weight is 364 g/mol. The monoisotopic (exact) mass is 364 g/mol. The molecule has 2 aliphatic heterocycles. The van der Waals surface area contributed by atoms with Crippen molar-refractivity contribution in [1.29, 1.82) is 0 Å². The Morgan fingerprint density at radius 3 is 2.52 bits per heavy atom. The van der Waals surface area contributed by atoms with Crippen molar-refractivity contribution in [3.63, 3.8) is 0 Å². The van der Waals surface area contributed by atoms with E-state index in [1.807, 2.05) is 12.3 Å². The summed E-state index contributed by atoms with van der Waals surface area (Å²) >= 11 is 0. The Morgan fingerprint density at radius 1 is 1.00 bits per heavy atom. The zero-order chi connectivity index (χ0) is 18.3. The summed E-state index contributed by atoms with van der Waals surface area (Å²) in [5.74, 6) is 1.08. The van der Waals surface area contributed by atoms with Crippen molar-refractivity contribution in [2.45, 2.75) is 37.8 Å². The fourth-order valence-electron chi connectivity index (χ4n) is 4.88. The molecule has 3 fully saturated rings. The van der Waals surface area contributed by atoms with E-state index in [4.69, 9.17) is 0 Å². The van der Waals surface area contributed by atoms with Crippen LogP contribution in [0, 0.1) is 5.41 Å². The van der Waals surface area contributed by atoms with E-state index < -0.39 is 0 Å². The van der Waals surface area contributed by atoms with Gasteiger partial charge in [-0.1, -0.05) is 18.2 Å². The Kier molecular flexibility index (Phi) is 4.20. The lowest BCUT2D eigenvalue weighted by Crippen LogP contribution is -2.39. The normalized spacial score (nSPS) is 30.0. The number of hydrogen-bond donors (Lipinski definition) is 2. The number of nitrogens with zero attached hydrogens (tertiary/aromatic N) is 3. The van der Waals surface area contributed by atoms with Gasteiger partial charge < -0.3 is 20.2 Å². The second-order valence-corrected chi connectivity index (χ2v) is 8.55. The number of anilines is 3. The van der Waals surface area contributed by atoms with Crippen LogP contribution in [0.2, 0.25) is 0 Å².